The van der Waals surface area contributed by atoms with E-state index in [0.717, 1.165) is 0 Å². The third-order valence-electron chi connectivity index (χ3n) is 1.73. The van der Waals surface area contributed by atoms with Crippen LogP contribution in [0, 0.1) is 0 Å². The monoisotopic (exact) mass is 260 g/mol. The maximum Gasteiger partial charge on any atom is 0.308 e. The zero-order valence-electron chi connectivity index (χ0n) is 7.45. The molecular weight excluding hydrogens is 252 g/mol. The predicted molar refractivity (Wildman–Crippen MR) is 53.7 cm³/mol. The number of carboxylic acid groups (broad SMARTS) is 1. The fraction of sp³-hybridized carbons (Fsp3) is 0.222. The van der Waals surface area contributed by atoms with Crippen LogP contribution in [0.1, 0.15) is 5.56 Å². The topological polar surface area (TPSA) is 66.8 Å². The Bertz CT molecular complexity index is 362. The van der Waals surface area contributed by atoms with Gasteiger partial charge in [0.05, 0.1) is 18.0 Å². The van der Waals surface area contributed by atoms with Crippen LogP contribution in [0.2, 0.25) is 0 Å². The smallest absolute Gasteiger partial charge is 0.308 e. The van der Waals surface area contributed by atoms with Gasteiger partial charge in [0.2, 0.25) is 0 Å². The van der Waals surface area contributed by atoms with Gasteiger partial charge in [0, 0.05) is 5.56 Å². The minimum absolute atomic E-state index is 0.0555. The molecule has 0 aromatic heterocycles. The lowest BCUT2D eigenvalue weighted by molar-refractivity contribution is -0.136. The van der Waals surface area contributed by atoms with Crippen LogP contribution in [0.5, 0.6) is 11.5 Å². The molecular formula is C9H9BrO4. The first-order valence-electron chi connectivity index (χ1n) is 3.82. The second kappa shape index (κ2) is 4.32. The second-order valence-corrected chi connectivity index (χ2v) is 3.44. The summed E-state index contributed by atoms with van der Waals surface area (Å²) in [5.74, 6) is -0.562. The van der Waals surface area contributed by atoms with Gasteiger partial charge in [-0.05, 0) is 28.1 Å². The van der Waals surface area contributed by atoms with E-state index < -0.39 is 5.97 Å². The molecule has 14 heavy (non-hydrogen) atoms. The first-order valence-corrected chi connectivity index (χ1v) is 4.61. The van der Waals surface area contributed by atoms with Gasteiger partial charge >= 0.3 is 5.97 Å². The number of halogens is 1. The van der Waals surface area contributed by atoms with Crippen molar-refractivity contribution in [3.8, 4) is 11.5 Å². The molecule has 1 rings (SSSR count). The van der Waals surface area contributed by atoms with Crippen molar-refractivity contribution in [2.24, 2.45) is 0 Å². The Morgan fingerprint density at radius 2 is 2.21 bits per heavy atom. The molecule has 0 aliphatic rings. The molecule has 1 aromatic rings. The number of methoxy groups -OCH3 is 1. The Labute approximate surface area is 89.3 Å². The van der Waals surface area contributed by atoms with E-state index in [0.29, 0.717) is 15.8 Å². The summed E-state index contributed by atoms with van der Waals surface area (Å²) in [5, 5.41) is 18.0. The van der Waals surface area contributed by atoms with Crippen molar-refractivity contribution in [2.45, 2.75) is 6.42 Å². The fourth-order valence-electron chi connectivity index (χ4n) is 1.07. The molecule has 2 N–H and O–H groups in total. The van der Waals surface area contributed by atoms with Gasteiger partial charge in [-0.15, -0.1) is 0 Å². The van der Waals surface area contributed by atoms with Gasteiger partial charge in [0.1, 0.15) is 11.5 Å². The third-order valence-corrected chi connectivity index (χ3v) is 2.60. The van der Waals surface area contributed by atoms with Crippen molar-refractivity contribution in [1.82, 2.24) is 0 Å². The molecule has 0 atom stereocenters. The normalized spacial score (nSPS) is 9.86. The van der Waals surface area contributed by atoms with E-state index in [9.17, 15) is 9.90 Å². The number of carboxylic acids is 1. The zero-order valence-corrected chi connectivity index (χ0v) is 9.04. The molecule has 5 heteroatoms. The number of ether oxygens (including phenoxy) is 1. The van der Waals surface area contributed by atoms with Crippen LogP contribution < -0.4 is 4.74 Å². The standard InChI is InChI=1S/C9H9BrO4/c1-14-7-3-2-6(11)5(9(7)10)4-8(12)13/h2-3,11H,4H2,1H3,(H,12,13). The fourth-order valence-corrected chi connectivity index (χ4v) is 1.70. The maximum atomic E-state index is 10.5. The van der Waals surface area contributed by atoms with Gasteiger partial charge in [0.15, 0.2) is 0 Å². The molecule has 0 heterocycles. The van der Waals surface area contributed by atoms with Crippen molar-refractivity contribution < 1.29 is 19.7 Å². The minimum Gasteiger partial charge on any atom is -0.508 e. The van der Waals surface area contributed by atoms with Crippen LogP contribution in [0.3, 0.4) is 0 Å². The van der Waals surface area contributed by atoms with Crippen molar-refractivity contribution >= 4 is 21.9 Å². The number of benzene rings is 1. The number of hydrogen-bond donors (Lipinski definition) is 2. The molecule has 0 aliphatic carbocycles. The van der Waals surface area contributed by atoms with Gasteiger partial charge in [-0.25, -0.2) is 0 Å². The highest BCUT2D eigenvalue weighted by atomic mass is 79.9. The summed E-state index contributed by atoms with van der Waals surface area (Å²) in [6.07, 6.45) is -0.246. The van der Waals surface area contributed by atoms with E-state index in [1.165, 1.54) is 13.2 Å². The molecule has 0 saturated carbocycles. The number of phenols is 1. The number of aliphatic carboxylic acids is 1. The average molecular weight is 261 g/mol. The zero-order chi connectivity index (χ0) is 10.7. The lowest BCUT2D eigenvalue weighted by Gasteiger charge is -2.08. The Morgan fingerprint density at radius 3 is 2.71 bits per heavy atom. The van der Waals surface area contributed by atoms with Crippen LogP contribution in [0.15, 0.2) is 16.6 Å². The minimum atomic E-state index is -1.01. The Morgan fingerprint density at radius 1 is 1.57 bits per heavy atom. The van der Waals surface area contributed by atoms with Crippen LogP contribution >= 0.6 is 15.9 Å². The molecule has 76 valence electrons. The van der Waals surface area contributed by atoms with E-state index >= 15 is 0 Å². The molecule has 0 unspecified atom stereocenters. The molecule has 0 saturated heterocycles. The molecule has 0 aliphatic heterocycles. The number of rotatable bonds is 3. The first-order chi connectivity index (χ1) is 6.56. The number of carbonyl (C=O) groups is 1. The van der Waals surface area contributed by atoms with Gasteiger partial charge in [0.25, 0.3) is 0 Å². The summed E-state index contributed by atoms with van der Waals surface area (Å²) in [6, 6.07) is 2.96. The highest BCUT2D eigenvalue weighted by Crippen LogP contribution is 2.34. The summed E-state index contributed by atoms with van der Waals surface area (Å²) >= 11 is 3.17. The number of hydrogen-bond acceptors (Lipinski definition) is 3. The Hall–Kier alpha value is -1.23. The first kappa shape index (κ1) is 10.8. The predicted octanol–water partition coefficient (Wildman–Crippen LogP) is 1.79. The van der Waals surface area contributed by atoms with Crippen LogP contribution in [-0.2, 0) is 11.2 Å². The third kappa shape index (κ3) is 2.17. The second-order valence-electron chi connectivity index (χ2n) is 2.65. The average Bonchev–Trinajstić information content (AvgIpc) is 2.12. The summed E-state index contributed by atoms with van der Waals surface area (Å²) in [5.41, 5.74) is 0.317. The molecule has 0 spiro atoms. The van der Waals surface area contributed by atoms with Crippen LogP contribution in [0.4, 0.5) is 0 Å². The van der Waals surface area contributed by atoms with Gasteiger partial charge < -0.3 is 14.9 Å². The van der Waals surface area contributed by atoms with Gasteiger partial charge in [-0.1, -0.05) is 0 Å². The number of phenolic OH excluding ortho intramolecular Hbond substituents is 1. The van der Waals surface area contributed by atoms with E-state index in [1.807, 2.05) is 0 Å². The van der Waals surface area contributed by atoms with E-state index in [2.05, 4.69) is 15.9 Å². The highest BCUT2D eigenvalue weighted by Gasteiger charge is 2.14. The quantitative estimate of drug-likeness (QED) is 0.870. The number of aromatic hydroxyl groups is 1. The lowest BCUT2D eigenvalue weighted by atomic mass is 10.1. The van der Waals surface area contributed by atoms with Crippen LogP contribution in [0.25, 0.3) is 0 Å². The summed E-state index contributed by atoms with van der Waals surface area (Å²) in [6.45, 7) is 0. The van der Waals surface area contributed by atoms with Crippen molar-refractivity contribution in [3.63, 3.8) is 0 Å². The van der Waals surface area contributed by atoms with E-state index in [1.54, 1.807) is 6.07 Å². The van der Waals surface area contributed by atoms with Crippen LogP contribution in [-0.4, -0.2) is 23.3 Å². The van der Waals surface area contributed by atoms with Crippen molar-refractivity contribution in [1.29, 1.82) is 0 Å². The highest BCUT2D eigenvalue weighted by molar-refractivity contribution is 9.10. The van der Waals surface area contributed by atoms with E-state index in [-0.39, 0.29) is 12.2 Å². The SMILES string of the molecule is COc1ccc(O)c(CC(=O)O)c1Br. The van der Waals surface area contributed by atoms with E-state index in [4.69, 9.17) is 9.84 Å². The summed E-state index contributed by atoms with van der Waals surface area (Å²) < 4.78 is 5.45. The molecule has 1 aromatic carbocycles. The molecule has 0 amide bonds. The van der Waals surface area contributed by atoms with Gasteiger partial charge in [-0.2, -0.15) is 0 Å². The van der Waals surface area contributed by atoms with Gasteiger partial charge in [-0.3, -0.25) is 4.79 Å². The summed E-state index contributed by atoms with van der Waals surface area (Å²) in [7, 11) is 1.47. The molecule has 0 bridgehead atoms. The lowest BCUT2D eigenvalue weighted by Crippen LogP contribution is -2.02. The molecule has 4 nitrogen and oxygen atoms in total. The van der Waals surface area contributed by atoms with Crippen molar-refractivity contribution in [3.05, 3.63) is 22.2 Å². The Balaban J connectivity index is 3.18. The maximum absolute atomic E-state index is 10.5. The Kier molecular flexibility index (Phi) is 3.35. The largest absolute Gasteiger partial charge is 0.508 e. The summed E-state index contributed by atoms with van der Waals surface area (Å²) in [4.78, 5) is 10.5. The van der Waals surface area contributed by atoms with Crippen molar-refractivity contribution in [2.75, 3.05) is 7.11 Å². The molecule has 0 fully saturated rings. The molecule has 0 radical (unpaired) electrons.